The summed E-state index contributed by atoms with van der Waals surface area (Å²) in [7, 11) is 0. The standard InChI is InChI=1S/C28H30N2O4/c1-17-4-10-22(11-5-17)26(32)15-21-8-6-20(7-9-21)14-23-12-13-24(16-25(23)29-19(3)31)27-18(2)28(33)34-30-27/h4-5,10-13,16,20-21H,2,6-9,14-15H2,1,3H3,(H,29,31). The Kier molecular flexibility index (Phi) is 7.06. The van der Waals surface area contributed by atoms with Crippen LogP contribution >= 0.6 is 0 Å². The molecule has 0 aromatic heterocycles. The van der Waals surface area contributed by atoms with Crippen molar-refractivity contribution in [2.24, 2.45) is 17.0 Å². The van der Waals surface area contributed by atoms with Crippen LogP contribution in [0.4, 0.5) is 5.69 Å². The molecule has 4 rings (SSSR count). The number of nitrogens with zero attached hydrogens (tertiary/aromatic N) is 1. The molecular weight excluding hydrogens is 428 g/mol. The molecule has 0 saturated heterocycles. The molecule has 0 radical (unpaired) electrons. The summed E-state index contributed by atoms with van der Waals surface area (Å²) in [5.41, 5.74) is 5.01. The molecule has 1 heterocycles. The Hall–Kier alpha value is -3.54. The van der Waals surface area contributed by atoms with E-state index >= 15 is 0 Å². The molecule has 1 aliphatic heterocycles. The summed E-state index contributed by atoms with van der Waals surface area (Å²) in [5.74, 6) is 0.429. The number of hydrogen-bond acceptors (Lipinski definition) is 5. The third kappa shape index (κ3) is 5.50. The number of oxime groups is 1. The summed E-state index contributed by atoms with van der Waals surface area (Å²) in [6, 6.07) is 13.5. The highest BCUT2D eigenvalue weighted by Crippen LogP contribution is 2.35. The number of nitrogens with one attached hydrogen (secondary N) is 1. The lowest BCUT2D eigenvalue weighted by atomic mass is 9.77. The Morgan fingerprint density at radius 2 is 1.74 bits per heavy atom. The van der Waals surface area contributed by atoms with Crippen LogP contribution in [0.15, 0.2) is 59.8 Å². The fraction of sp³-hybridized carbons (Fsp3) is 0.357. The van der Waals surface area contributed by atoms with Crippen molar-refractivity contribution in [1.29, 1.82) is 0 Å². The van der Waals surface area contributed by atoms with Gasteiger partial charge in [0.25, 0.3) is 0 Å². The van der Waals surface area contributed by atoms with Gasteiger partial charge in [0.15, 0.2) is 5.78 Å². The largest absolute Gasteiger partial charge is 0.367 e. The minimum atomic E-state index is -0.558. The van der Waals surface area contributed by atoms with Crippen molar-refractivity contribution in [2.45, 2.75) is 52.4 Å². The van der Waals surface area contributed by atoms with Gasteiger partial charge in [-0.1, -0.05) is 53.7 Å². The summed E-state index contributed by atoms with van der Waals surface area (Å²) in [6.45, 7) is 7.23. The van der Waals surface area contributed by atoms with Gasteiger partial charge >= 0.3 is 5.97 Å². The number of aryl methyl sites for hydroxylation is 1. The van der Waals surface area contributed by atoms with Crippen LogP contribution in [0, 0.1) is 18.8 Å². The van der Waals surface area contributed by atoms with Gasteiger partial charge in [-0.05, 0) is 62.5 Å². The lowest BCUT2D eigenvalue weighted by Gasteiger charge is -2.29. The van der Waals surface area contributed by atoms with Crippen molar-refractivity contribution in [1.82, 2.24) is 0 Å². The SMILES string of the molecule is C=C1C(=O)ON=C1c1ccc(CC2CCC(CC(=O)c3ccc(C)cc3)CC2)c(NC(C)=O)c1. The number of anilines is 1. The first-order chi connectivity index (χ1) is 16.3. The number of benzene rings is 2. The lowest BCUT2D eigenvalue weighted by Crippen LogP contribution is -2.20. The molecule has 0 spiro atoms. The second-order valence-corrected chi connectivity index (χ2v) is 9.43. The molecule has 34 heavy (non-hydrogen) atoms. The minimum Gasteiger partial charge on any atom is -0.326 e. The quantitative estimate of drug-likeness (QED) is 0.342. The molecule has 1 fully saturated rings. The van der Waals surface area contributed by atoms with Gasteiger partial charge in [-0.3, -0.25) is 9.59 Å². The fourth-order valence-electron chi connectivity index (χ4n) is 4.80. The normalized spacial score (nSPS) is 20.0. The van der Waals surface area contributed by atoms with E-state index in [1.807, 2.05) is 49.4 Å². The van der Waals surface area contributed by atoms with Crippen LogP contribution in [0.1, 0.15) is 66.1 Å². The topological polar surface area (TPSA) is 84.8 Å². The van der Waals surface area contributed by atoms with Gasteiger partial charge in [-0.15, -0.1) is 0 Å². The molecule has 1 aliphatic carbocycles. The van der Waals surface area contributed by atoms with Crippen molar-refractivity contribution >= 4 is 29.1 Å². The number of rotatable bonds is 7. The molecule has 1 N–H and O–H groups in total. The monoisotopic (exact) mass is 458 g/mol. The van der Waals surface area contributed by atoms with Gasteiger partial charge in [0.2, 0.25) is 5.91 Å². The van der Waals surface area contributed by atoms with Gasteiger partial charge < -0.3 is 10.2 Å². The van der Waals surface area contributed by atoms with E-state index in [1.165, 1.54) is 6.92 Å². The van der Waals surface area contributed by atoms with E-state index in [1.54, 1.807) is 0 Å². The predicted molar refractivity (Wildman–Crippen MR) is 132 cm³/mol. The Labute approximate surface area is 200 Å². The van der Waals surface area contributed by atoms with E-state index in [0.717, 1.165) is 54.5 Å². The molecule has 0 bridgehead atoms. The van der Waals surface area contributed by atoms with Gasteiger partial charge in [-0.25, -0.2) is 4.79 Å². The minimum absolute atomic E-state index is 0.156. The molecule has 1 saturated carbocycles. The predicted octanol–water partition coefficient (Wildman–Crippen LogP) is 5.39. The number of ketones is 1. The van der Waals surface area contributed by atoms with E-state index < -0.39 is 5.97 Å². The van der Waals surface area contributed by atoms with Crippen LogP contribution in [0.3, 0.4) is 0 Å². The molecule has 2 aliphatic rings. The van der Waals surface area contributed by atoms with Crippen molar-refractivity contribution in [3.63, 3.8) is 0 Å². The van der Waals surface area contributed by atoms with Crippen LogP contribution in [0.2, 0.25) is 0 Å². The third-order valence-corrected chi connectivity index (χ3v) is 6.77. The smallest absolute Gasteiger partial charge is 0.326 e. The first kappa shape index (κ1) is 23.6. The number of hydrogen-bond donors (Lipinski definition) is 1. The maximum absolute atomic E-state index is 12.6. The number of amides is 1. The summed E-state index contributed by atoms with van der Waals surface area (Å²) in [4.78, 5) is 40.8. The average Bonchev–Trinajstić information content (AvgIpc) is 3.14. The maximum Gasteiger partial charge on any atom is 0.367 e. The lowest BCUT2D eigenvalue weighted by molar-refractivity contribution is -0.136. The zero-order valence-corrected chi connectivity index (χ0v) is 19.7. The molecule has 6 heteroatoms. The zero-order valence-electron chi connectivity index (χ0n) is 19.7. The van der Waals surface area contributed by atoms with Crippen molar-refractivity contribution in [3.8, 4) is 0 Å². The molecule has 2 aromatic carbocycles. The van der Waals surface area contributed by atoms with Crippen LogP contribution < -0.4 is 5.32 Å². The van der Waals surface area contributed by atoms with Gasteiger partial charge in [0, 0.05) is 30.2 Å². The van der Waals surface area contributed by atoms with Crippen molar-refractivity contribution in [2.75, 3.05) is 5.32 Å². The van der Waals surface area contributed by atoms with Crippen LogP contribution in [-0.4, -0.2) is 23.4 Å². The average molecular weight is 459 g/mol. The zero-order chi connectivity index (χ0) is 24.2. The first-order valence-electron chi connectivity index (χ1n) is 11.8. The highest BCUT2D eigenvalue weighted by molar-refractivity contribution is 6.28. The van der Waals surface area contributed by atoms with Gasteiger partial charge in [-0.2, -0.15) is 0 Å². The number of Topliss-reactive ketones (excluding diaryl/α,β-unsaturated/α-hetero) is 1. The van der Waals surface area contributed by atoms with E-state index in [2.05, 4.69) is 17.1 Å². The molecule has 6 nitrogen and oxygen atoms in total. The molecular formula is C28H30N2O4. The highest BCUT2D eigenvalue weighted by atomic mass is 16.7. The summed E-state index contributed by atoms with van der Waals surface area (Å²) in [6.07, 6.45) is 5.63. The van der Waals surface area contributed by atoms with E-state index in [9.17, 15) is 14.4 Å². The van der Waals surface area contributed by atoms with E-state index in [0.29, 0.717) is 29.5 Å². The van der Waals surface area contributed by atoms with Crippen molar-refractivity contribution in [3.05, 3.63) is 76.9 Å². The van der Waals surface area contributed by atoms with Gasteiger partial charge in [0.05, 0.1) is 5.57 Å². The van der Waals surface area contributed by atoms with Crippen LogP contribution in [0.25, 0.3) is 0 Å². The second kappa shape index (κ2) is 10.2. The summed E-state index contributed by atoms with van der Waals surface area (Å²) >= 11 is 0. The summed E-state index contributed by atoms with van der Waals surface area (Å²) < 4.78 is 0. The second-order valence-electron chi connectivity index (χ2n) is 9.43. The Morgan fingerprint density at radius 3 is 2.35 bits per heavy atom. The molecule has 0 atom stereocenters. The van der Waals surface area contributed by atoms with E-state index in [-0.39, 0.29) is 17.3 Å². The molecule has 0 unspecified atom stereocenters. The number of carbonyl (C=O) groups excluding carboxylic acids is 3. The Balaban J connectivity index is 1.38. The van der Waals surface area contributed by atoms with Crippen molar-refractivity contribution < 1.29 is 19.2 Å². The molecule has 2 aromatic rings. The molecule has 1 amide bonds. The Bertz CT molecular complexity index is 1160. The Morgan fingerprint density at radius 1 is 1.06 bits per heavy atom. The van der Waals surface area contributed by atoms with Gasteiger partial charge in [0.1, 0.15) is 5.71 Å². The first-order valence-corrected chi connectivity index (χ1v) is 11.8. The van der Waals surface area contributed by atoms with E-state index in [4.69, 9.17) is 4.84 Å². The van der Waals surface area contributed by atoms with Crippen LogP contribution in [-0.2, 0) is 20.8 Å². The number of carbonyl (C=O) groups is 3. The third-order valence-electron chi connectivity index (χ3n) is 6.77. The maximum atomic E-state index is 12.6. The fourth-order valence-corrected chi connectivity index (χ4v) is 4.80. The highest BCUT2D eigenvalue weighted by Gasteiger charge is 2.27. The van der Waals surface area contributed by atoms with Crippen LogP contribution in [0.5, 0.6) is 0 Å². The summed E-state index contributed by atoms with van der Waals surface area (Å²) in [5, 5.41) is 6.73. The molecule has 176 valence electrons.